The summed E-state index contributed by atoms with van der Waals surface area (Å²) in [7, 11) is 0. The molecule has 0 saturated carbocycles. The molecule has 2 aromatic carbocycles. The van der Waals surface area contributed by atoms with Crippen molar-refractivity contribution in [3.63, 3.8) is 0 Å². The minimum atomic E-state index is -4.72. The average Bonchev–Trinajstić information content (AvgIpc) is 3.44. The molecule has 0 unspecified atom stereocenters. The number of ketones is 1. The Morgan fingerprint density at radius 1 is 1.10 bits per heavy atom. The second kappa shape index (κ2) is 7.94. The van der Waals surface area contributed by atoms with Crippen LogP contribution in [0.5, 0.6) is 0 Å². The summed E-state index contributed by atoms with van der Waals surface area (Å²) < 4.78 is 44.0. The van der Waals surface area contributed by atoms with Crippen molar-refractivity contribution in [2.75, 3.05) is 0 Å². The molecule has 0 fully saturated rings. The van der Waals surface area contributed by atoms with Gasteiger partial charge in [0.25, 0.3) is 0 Å². The highest BCUT2D eigenvalue weighted by atomic mass is 19.4. The number of rotatable bonds is 6. The SMILES string of the molecule is O=C(CCc1ccc(-n2ccnc2)cc1)c1cccc(-c2noc(C(F)(F)F)n2)c1. The molecule has 0 bridgehead atoms. The van der Waals surface area contributed by atoms with Crippen molar-refractivity contribution in [3.8, 4) is 17.1 Å². The fourth-order valence-electron chi connectivity index (χ4n) is 2.94. The van der Waals surface area contributed by atoms with E-state index in [9.17, 15) is 18.0 Å². The molecule has 0 atom stereocenters. The standard InChI is InChI=1S/C21H15F3N4O2/c22-21(23,24)20-26-19(27-30-20)16-3-1-2-15(12-16)18(29)9-6-14-4-7-17(8-5-14)28-11-10-25-13-28/h1-5,7-8,10-13H,6,9H2. The summed E-state index contributed by atoms with van der Waals surface area (Å²) in [6.07, 6.45) is 1.31. The summed E-state index contributed by atoms with van der Waals surface area (Å²) in [5.74, 6) is -1.77. The summed E-state index contributed by atoms with van der Waals surface area (Å²) in [5.41, 5.74) is 2.62. The van der Waals surface area contributed by atoms with Crippen LogP contribution in [-0.4, -0.2) is 25.5 Å². The van der Waals surface area contributed by atoms with Gasteiger partial charge >= 0.3 is 12.1 Å². The molecular weight excluding hydrogens is 397 g/mol. The van der Waals surface area contributed by atoms with Crippen LogP contribution in [0.3, 0.4) is 0 Å². The minimum Gasteiger partial charge on any atom is -0.329 e. The first-order valence-corrected chi connectivity index (χ1v) is 9.02. The van der Waals surface area contributed by atoms with Gasteiger partial charge in [0.15, 0.2) is 5.78 Å². The van der Waals surface area contributed by atoms with Crippen molar-refractivity contribution in [2.45, 2.75) is 19.0 Å². The smallest absolute Gasteiger partial charge is 0.329 e. The third-order valence-electron chi connectivity index (χ3n) is 4.49. The summed E-state index contributed by atoms with van der Waals surface area (Å²) in [6, 6.07) is 13.9. The lowest BCUT2D eigenvalue weighted by molar-refractivity contribution is -0.159. The molecule has 0 N–H and O–H groups in total. The fourth-order valence-corrected chi connectivity index (χ4v) is 2.94. The molecule has 9 heteroatoms. The van der Waals surface area contributed by atoms with Gasteiger partial charge < -0.3 is 9.09 Å². The molecule has 0 spiro atoms. The van der Waals surface area contributed by atoms with Gasteiger partial charge in [-0.1, -0.05) is 35.5 Å². The first kappa shape index (κ1) is 19.6. The van der Waals surface area contributed by atoms with E-state index in [1.807, 2.05) is 35.0 Å². The maximum atomic E-state index is 12.6. The van der Waals surface area contributed by atoms with Crippen LogP contribution in [0.25, 0.3) is 17.1 Å². The average molecular weight is 412 g/mol. The fraction of sp³-hybridized carbons (Fsp3) is 0.143. The number of hydrogen-bond acceptors (Lipinski definition) is 5. The van der Waals surface area contributed by atoms with Gasteiger partial charge in [-0.15, -0.1) is 0 Å². The second-order valence-electron chi connectivity index (χ2n) is 6.56. The Labute approximate surface area is 169 Å². The van der Waals surface area contributed by atoms with Crippen molar-refractivity contribution >= 4 is 5.78 Å². The molecule has 30 heavy (non-hydrogen) atoms. The molecular formula is C21H15F3N4O2. The van der Waals surface area contributed by atoms with Gasteiger partial charge in [0, 0.05) is 35.6 Å². The second-order valence-corrected chi connectivity index (χ2v) is 6.56. The largest absolute Gasteiger partial charge is 0.471 e. The van der Waals surface area contributed by atoms with Gasteiger partial charge in [0.1, 0.15) is 0 Å². The Kier molecular flexibility index (Phi) is 5.18. The number of hydrogen-bond donors (Lipinski definition) is 0. The number of benzene rings is 2. The topological polar surface area (TPSA) is 73.8 Å². The van der Waals surface area contributed by atoms with Crippen LogP contribution in [0.4, 0.5) is 13.2 Å². The lowest BCUT2D eigenvalue weighted by Crippen LogP contribution is -2.05. The first-order chi connectivity index (χ1) is 14.4. The zero-order valence-electron chi connectivity index (χ0n) is 15.5. The monoisotopic (exact) mass is 412 g/mol. The van der Waals surface area contributed by atoms with Crippen molar-refractivity contribution < 1.29 is 22.5 Å². The third-order valence-corrected chi connectivity index (χ3v) is 4.49. The van der Waals surface area contributed by atoms with E-state index in [1.165, 1.54) is 12.1 Å². The number of carbonyl (C=O) groups excluding carboxylic acids is 1. The molecule has 0 radical (unpaired) electrons. The quantitative estimate of drug-likeness (QED) is 0.427. The van der Waals surface area contributed by atoms with Crippen LogP contribution in [-0.2, 0) is 12.6 Å². The number of carbonyl (C=O) groups is 1. The molecule has 2 heterocycles. The van der Waals surface area contributed by atoms with Crippen LogP contribution < -0.4 is 0 Å². The summed E-state index contributed by atoms with van der Waals surface area (Å²) in [5, 5.41) is 3.35. The lowest BCUT2D eigenvalue weighted by atomic mass is 10.0. The van der Waals surface area contributed by atoms with Crippen molar-refractivity contribution in [3.05, 3.63) is 84.3 Å². The van der Waals surface area contributed by atoms with Crippen LogP contribution in [0.15, 0.2) is 71.8 Å². The molecule has 4 aromatic rings. The molecule has 2 aromatic heterocycles. The van der Waals surface area contributed by atoms with Crippen molar-refractivity contribution in [2.24, 2.45) is 0 Å². The van der Waals surface area contributed by atoms with Gasteiger partial charge in [-0.05, 0) is 30.2 Å². The van der Waals surface area contributed by atoms with Crippen LogP contribution >= 0.6 is 0 Å². The molecule has 4 rings (SSSR count). The van der Waals surface area contributed by atoms with E-state index < -0.39 is 12.1 Å². The Bertz CT molecular complexity index is 1150. The Morgan fingerprint density at radius 3 is 2.57 bits per heavy atom. The van der Waals surface area contributed by atoms with Gasteiger partial charge in [-0.2, -0.15) is 18.2 Å². The van der Waals surface area contributed by atoms with E-state index in [4.69, 9.17) is 0 Å². The van der Waals surface area contributed by atoms with E-state index in [2.05, 4.69) is 19.6 Å². The van der Waals surface area contributed by atoms with E-state index in [0.717, 1.165) is 11.3 Å². The molecule has 152 valence electrons. The normalized spacial score (nSPS) is 11.6. The molecule has 0 amide bonds. The number of aromatic nitrogens is 4. The zero-order valence-corrected chi connectivity index (χ0v) is 15.5. The third kappa shape index (κ3) is 4.29. The van der Waals surface area contributed by atoms with Crippen LogP contribution in [0, 0.1) is 0 Å². The van der Waals surface area contributed by atoms with Gasteiger partial charge in [0.05, 0.1) is 6.33 Å². The molecule has 0 aliphatic carbocycles. The van der Waals surface area contributed by atoms with Crippen molar-refractivity contribution in [1.29, 1.82) is 0 Å². The predicted octanol–water partition coefficient (Wildman–Crippen LogP) is 4.76. The number of nitrogens with zero attached hydrogens (tertiary/aromatic N) is 4. The Morgan fingerprint density at radius 2 is 1.90 bits per heavy atom. The van der Waals surface area contributed by atoms with Crippen LogP contribution in [0.2, 0.25) is 0 Å². The minimum absolute atomic E-state index is 0.130. The predicted molar refractivity (Wildman–Crippen MR) is 101 cm³/mol. The van der Waals surface area contributed by atoms with Gasteiger partial charge in [-0.25, -0.2) is 4.98 Å². The molecule has 6 nitrogen and oxygen atoms in total. The maximum Gasteiger partial charge on any atom is 0.471 e. The Balaban J connectivity index is 1.43. The Hall–Kier alpha value is -3.75. The molecule has 0 aliphatic heterocycles. The number of aryl methyl sites for hydroxylation is 1. The summed E-state index contributed by atoms with van der Waals surface area (Å²) in [6.45, 7) is 0. The van der Waals surface area contributed by atoms with E-state index in [-0.39, 0.29) is 23.6 Å². The summed E-state index contributed by atoms with van der Waals surface area (Å²) in [4.78, 5) is 19.9. The highest BCUT2D eigenvalue weighted by molar-refractivity contribution is 5.97. The highest BCUT2D eigenvalue weighted by Gasteiger charge is 2.38. The highest BCUT2D eigenvalue weighted by Crippen LogP contribution is 2.29. The van der Waals surface area contributed by atoms with Crippen molar-refractivity contribution in [1.82, 2.24) is 19.7 Å². The lowest BCUT2D eigenvalue weighted by Gasteiger charge is -2.06. The van der Waals surface area contributed by atoms with E-state index >= 15 is 0 Å². The van der Waals surface area contributed by atoms with E-state index in [1.54, 1.807) is 24.7 Å². The van der Waals surface area contributed by atoms with Gasteiger partial charge in [-0.3, -0.25) is 4.79 Å². The number of imidazole rings is 1. The van der Waals surface area contributed by atoms with Gasteiger partial charge in [0.2, 0.25) is 5.82 Å². The number of alkyl halides is 3. The van der Waals surface area contributed by atoms with Crippen LogP contribution in [0.1, 0.15) is 28.2 Å². The van der Waals surface area contributed by atoms with E-state index in [0.29, 0.717) is 12.0 Å². The maximum absolute atomic E-state index is 12.6. The molecule has 0 saturated heterocycles. The zero-order chi connectivity index (χ0) is 21.1. The molecule has 0 aliphatic rings. The summed E-state index contributed by atoms with van der Waals surface area (Å²) >= 11 is 0. The first-order valence-electron chi connectivity index (χ1n) is 9.02. The number of Topliss-reactive ketones (excluding diaryl/α,β-unsaturated/α-hetero) is 1. The number of halogens is 3.